The number of benzene rings is 1. The second-order valence-corrected chi connectivity index (χ2v) is 6.87. The van der Waals surface area contributed by atoms with Crippen LogP contribution in [0.2, 0.25) is 10.0 Å². The van der Waals surface area contributed by atoms with Gasteiger partial charge in [0.25, 0.3) is 0 Å². The van der Waals surface area contributed by atoms with Crippen LogP contribution in [0.5, 0.6) is 0 Å². The summed E-state index contributed by atoms with van der Waals surface area (Å²) in [6.07, 6.45) is 0.719. The van der Waals surface area contributed by atoms with Crippen LogP contribution in [-0.4, -0.2) is 50.2 Å². The Labute approximate surface area is 121 Å². The van der Waals surface area contributed by atoms with Crippen LogP contribution in [0.1, 0.15) is 0 Å². The molecule has 8 heteroatoms. The molecular formula is C11H12Cl2N2O3S. The van der Waals surface area contributed by atoms with Crippen molar-refractivity contribution >= 4 is 39.6 Å². The Morgan fingerprint density at radius 2 is 1.74 bits per heavy atom. The van der Waals surface area contributed by atoms with Gasteiger partial charge in [0.1, 0.15) is 4.90 Å². The van der Waals surface area contributed by atoms with Crippen molar-refractivity contribution in [2.75, 3.05) is 26.2 Å². The third-order valence-electron chi connectivity index (χ3n) is 2.93. The van der Waals surface area contributed by atoms with E-state index >= 15 is 0 Å². The van der Waals surface area contributed by atoms with Crippen molar-refractivity contribution in [3.8, 4) is 0 Å². The Kier molecular flexibility index (Phi) is 4.35. The average Bonchev–Trinajstić information content (AvgIpc) is 2.41. The minimum absolute atomic E-state index is 0.00113. The first-order chi connectivity index (χ1) is 8.95. The first kappa shape index (κ1) is 14.6. The Balaban J connectivity index is 2.28. The first-order valence-corrected chi connectivity index (χ1v) is 7.79. The minimum atomic E-state index is -3.67. The number of carbonyl (C=O) groups excluding carboxylic acids is 1. The van der Waals surface area contributed by atoms with Crippen LogP contribution in [0.25, 0.3) is 0 Å². The topological polar surface area (TPSA) is 57.7 Å². The highest BCUT2D eigenvalue weighted by molar-refractivity contribution is 7.89. The Hall–Kier alpha value is -0.820. The zero-order valence-electron chi connectivity index (χ0n) is 9.92. The van der Waals surface area contributed by atoms with Gasteiger partial charge in [0.2, 0.25) is 16.4 Å². The summed E-state index contributed by atoms with van der Waals surface area (Å²) in [5, 5.41) is 0.455. The van der Waals surface area contributed by atoms with Crippen LogP contribution in [0.15, 0.2) is 23.1 Å². The maximum absolute atomic E-state index is 12.4. The largest absolute Gasteiger partial charge is 0.343 e. The molecular weight excluding hydrogens is 311 g/mol. The maximum atomic E-state index is 12.4. The van der Waals surface area contributed by atoms with Gasteiger partial charge in [-0.05, 0) is 18.2 Å². The number of piperazine rings is 1. The van der Waals surface area contributed by atoms with Crippen molar-refractivity contribution in [1.29, 1.82) is 0 Å². The van der Waals surface area contributed by atoms with Crippen molar-refractivity contribution in [2.45, 2.75) is 4.90 Å². The number of hydrogen-bond donors (Lipinski definition) is 0. The normalized spacial score (nSPS) is 17.5. The molecule has 0 aromatic heterocycles. The van der Waals surface area contributed by atoms with Crippen LogP contribution in [0.4, 0.5) is 0 Å². The number of amides is 1. The van der Waals surface area contributed by atoms with Gasteiger partial charge < -0.3 is 4.90 Å². The molecule has 1 amide bonds. The molecule has 0 atom stereocenters. The van der Waals surface area contributed by atoms with E-state index in [4.69, 9.17) is 23.2 Å². The molecule has 1 aromatic rings. The summed E-state index contributed by atoms with van der Waals surface area (Å²) in [6, 6.07) is 4.33. The Morgan fingerprint density at radius 3 is 2.32 bits per heavy atom. The summed E-state index contributed by atoms with van der Waals surface area (Å²) < 4.78 is 26.2. The molecule has 0 radical (unpaired) electrons. The number of rotatable bonds is 3. The van der Waals surface area contributed by atoms with Crippen LogP contribution in [-0.2, 0) is 14.8 Å². The lowest BCUT2D eigenvalue weighted by molar-refractivity contribution is -0.119. The van der Waals surface area contributed by atoms with Gasteiger partial charge in [-0.25, -0.2) is 8.42 Å². The SMILES string of the molecule is O=CN1CCN(S(=O)(=O)c2cc(Cl)ccc2Cl)CC1. The Bertz CT molecular complexity index is 584. The summed E-state index contributed by atoms with van der Waals surface area (Å²) in [5.74, 6) is 0. The van der Waals surface area contributed by atoms with E-state index in [1.54, 1.807) is 0 Å². The van der Waals surface area contributed by atoms with Gasteiger partial charge in [-0.15, -0.1) is 0 Å². The fourth-order valence-corrected chi connectivity index (χ4v) is 4.02. The summed E-state index contributed by atoms with van der Waals surface area (Å²) in [7, 11) is -3.67. The zero-order valence-corrected chi connectivity index (χ0v) is 12.2. The molecule has 0 unspecified atom stereocenters. The summed E-state index contributed by atoms with van der Waals surface area (Å²) in [4.78, 5) is 12.1. The molecule has 104 valence electrons. The number of carbonyl (C=O) groups is 1. The molecule has 0 bridgehead atoms. The highest BCUT2D eigenvalue weighted by Crippen LogP contribution is 2.28. The lowest BCUT2D eigenvalue weighted by Crippen LogP contribution is -2.48. The summed E-state index contributed by atoms with van der Waals surface area (Å²) >= 11 is 11.7. The minimum Gasteiger partial charge on any atom is -0.343 e. The molecule has 1 saturated heterocycles. The number of nitrogens with zero attached hydrogens (tertiary/aromatic N) is 2. The molecule has 0 aliphatic carbocycles. The van der Waals surface area contributed by atoms with E-state index in [9.17, 15) is 13.2 Å². The van der Waals surface area contributed by atoms with Gasteiger partial charge >= 0.3 is 0 Å². The van der Waals surface area contributed by atoms with Gasteiger partial charge in [-0.2, -0.15) is 4.31 Å². The molecule has 0 N–H and O–H groups in total. The van der Waals surface area contributed by atoms with Crippen molar-refractivity contribution < 1.29 is 13.2 Å². The van der Waals surface area contributed by atoms with Crippen molar-refractivity contribution in [3.63, 3.8) is 0 Å². The summed E-state index contributed by atoms with van der Waals surface area (Å²) in [5.41, 5.74) is 0. The standard InChI is InChI=1S/C11H12Cl2N2O3S/c12-9-1-2-10(13)11(7-9)19(17,18)15-5-3-14(8-16)4-6-15/h1-2,7-8H,3-6H2. The molecule has 1 aliphatic heterocycles. The Morgan fingerprint density at radius 1 is 1.11 bits per heavy atom. The van der Waals surface area contributed by atoms with Crippen LogP contribution >= 0.6 is 23.2 Å². The fourth-order valence-electron chi connectivity index (χ4n) is 1.86. The van der Waals surface area contributed by atoms with E-state index in [-0.39, 0.29) is 23.0 Å². The molecule has 1 heterocycles. The van der Waals surface area contributed by atoms with Gasteiger partial charge in [0.05, 0.1) is 5.02 Å². The number of hydrogen-bond acceptors (Lipinski definition) is 3. The van der Waals surface area contributed by atoms with Gasteiger partial charge in [0, 0.05) is 31.2 Å². The van der Waals surface area contributed by atoms with Crippen LogP contribution in [0.3, 0.4) is 0 Å². The smallest absolute Gasteiger partial charge is 0.244 e. The van der Waals surface area contributed by atoms with E-state index in [1.165, 1.54) is 27.4 Å². The van der Waals surface area contributed by atoms with E-state index in [1.807, 2.05) is 0 Å². The van der Waals surface area contributed by atoms with E-state index < -0.39 is 10.0 Å². The van der Waals surface area contributed by atoms with Gasteiger partial charge in [-0.1, -0.05) is 23.2 Å². The second-order valence-electron chi connectivity index (χ2n) is 4.12. The highest BCUT2D eigenvalue weighted by Gasteiger charge is 2.29. The molecule has 1 fully saturated rings. The van der Waals surface area contributed by atoms with Crippen molar-refractivity contribution in [3.05, 3.63) is 28.2 Å². The molecule has 0 spiro atoms. The molecule has 19 heavy (non-hydrogen) atoms. The predicted octanol–water partition coefficient (Wildman–Crippen LogP) is 1.46. The second kappa shape index (κ2) is 5.66. The van der Waals surface area contributed by atoms with Gasteiger partial charge in [0.15, 0.2) is 0 Å². The quantitative estimate of drug-likeness (QED) is 0.791. The third kappa shape index (κ3) is 3.02. The molecule has 2 rings (SSSR count). The average molecular weight is 323 g/mol. The van der Waals surface area contributed by atoms with Crippen molar-refractivity contribution in [1.82, 2.24) is 9.21 Å². The van der Waals surface area contributed by atoms with Crippen molar-refractivity contribution in [2.24, 2.45) is 0 Å². The first-order valence-electron chi connectivity index (χ1n) is 5.59. The predicted molar refractivity (Wildman–Crippen MR) is 72.9 cm³/mol. The van der Waals surface area contributed by atoms with E-state index in [0.29, 0.717) is 18.1 Å². The van der Waals surface area contributed by atoms with Crippen LogP contribution in [0, 0.1) is 0 Å². The fraction of sp³-hybridized carbons (Fsp3) is 0.364. The molecule has 1 aliphatic rings. The van der Waals surface area contributed by atoms with Crippen LogP contribution < -0.4 is 0 Å². The summed E-state index contributed by atoms with van der Waals surface area (Å²) in [6.45, 7) is 1.26. The van der Waals surface area contributed by atoms with E-state index in [0.717, 1.165) is 6.41 Å². The molecule has 5 nitrogen and oxygen atoms in total. The molecule has 0 saturated carbocycles. The third-order valence-corrected chi connectivity index (χ3v) is 5.55. The number of sulfonamides is 1. The van der Waals surface area contributed by atoms with Gasteiger partial charge in [-0.3, -0.25) is 4.79 Å². The molecule has 1 aromatic carbocycles. The monoisotopic (exact) mass is 322 g/mol. The lowest BCUT2D eigenvalue weighted by Gasteiger charge is -2.31. The maximum Gasteiger partial charge on any atom is 0.244 e. The van der Waals surface area contributed by atoms with E-state index in [2.05, 4.69) is 0 Å². The number of halogens is 2. The highest BCUT2D eigenvalue weighted by atomic mass is 35.5. The lowest BCUT2D eigenvalue weighted by atomic mass is 10.4. The zero-order chi connectivity index (χ0) is 14.0.